The Morgan fingerprint density at radius 3 is 2.80 bits per heavy atom. The van der Waals surface area contributed by atoms with Gasteiger partial charge in [0.1, 0.15) is 0 Å². The number of benzene rings is 1. The fourth-order valence-electron chi connectivity index (χ4n) is 2.70. The Balaban J connectivity index is 1.71. The average Bonchev–Trinajstić information content (AvgIpc) is 2.47. The van der Waals surface area contributed by atoms with Gasteiger partial charge in [0.2, 0.25) is 5.95 Å². The molecule has 20 heavy (non-hydrogen) atoms. The maximum Gasteiger partial charge on any atom is 0.303 e. The number of fused-ring (bicyclic) bond motifs is 1. The Hall–Kier alpha value is -2.17. The van der Waals surface area contributed by atoms with E-state index in [0.29, 0.717) is 0 Å². The van der Waals surface area contributed by atoms with Crippen molar-refractivity contribution in [3.8, 4) is 0 Å². The first-order chi connectivity index (χ1) is 9.72. The van der Waals surface area contributed by atoms with Crippen molar-refractivity contribution in [1.82, 2.24) is 9.97 Å². The lowest BCUT2D eigenvalue weighted by molar-refractivity contribution is -0.138. The Labute approximate surface area is 117 Å². The van der Waals surface area contributed by atoms with Crippen LogP contribution in [0.1, 0.15) is 19.3 Å². The van der Waals surface area contributed by atoms with Gasteiger partial charge in [0, 0.05) is 31.1 Å². The summed E-state index contributed by atoms with van der Waals surface area (Å²) in [6.07, 6.45) is 3.90. The number of nitrogens with zero attached hydrogens (tertiary/aromatic N) is 3. The van der Waals surface area contributed by atoms with Crippen LogP contribution in [0.5, 0.6) is 0 Å². The summed E-state index contributed by atoms with van der Waals surface area (Å²) in [6, 6.07) is 7.93. The van der Waals surface area contributed by atoms with E-state index in [1.165, 1.54) is 0 Å². The van der Waals surface area contributed by atoms with E-state index in [4.69, 9.17) is 5.11 Å². The molecule has 2 aromatic rings. The third-order valence-electron chi connectivity index (χ3n) is 3.84. The number of carboxylic acid groups (broad SMARTS) is 1. The minimum Gasteiger partial charge on any atom is -0.481 e. The molecule has 0 bridgehead atoms. The Bertz CT molecular complexity index is 621. The Kier molecular flexibility index (Phi) is 3.50. The maximum atomic E-state index is 10.7. The summed E-state index contributed by atoms with van der Waals surface area (Å²) in [5, 5.41) is 9.87. The molecule has 3 rings (SSSR count). The van der Waals surface area contributed by atoms with Crippen LogP contribution >= 0.6 is 0 Å². The van der Waals surface area contributed by atoms with E-state index >= 15 is 0 Å². The monoisotopic (exact) mass is 271 g/mol. The van der Waals surface area contributed by atoms with Crippen molar-refractivity contribution >= 4 is 22.8 Å². The second kappa shape index (κ2) is 5.45. The van der Waals surface area contributed by atoms with Gasteiger partial charge in [0.15, 0.2) is 0 Å². The van der Waals surface area contributed by atoms with Crippen LogP contribution in [0, 0.1) is 5.92 Å². The second-order valence-corrected chi connectivity index (χ2v) is 5.26. The van der Waals surface area contributed by atoms with E-state index in [1.54, 1.807) is 0 Å². The fraction of sp³-hybridized carbons (Fsp3) is 0.400. The molecule has 5 heteroatoms. The molecule has 0 amide bonds. The van der Waals surface area contributed by atoms with Crippen LogP contribution in [0.3, 0.4) is 0 Å². The Morgan fingerprint density at radius 2 is 2.05 bits per heavy atom. The molecule has 5 nitrogen and oxygen atoms in total. The quantitative estimate of drug-likeness (QED) is 0.928. The first-order valence-corrected chi connectivity index (χ1v) is 6.91. The number of aliphatic carboxylic acids is 1. The van der Waals surface area contributed by atoms with Gasteiger partial charge in [-0.3, -0.25) is 4.79 Å². The molecule has 0 spiro atoms. The van der Waals surface area contributed by atoms with Crippen molar-refractivity contribution in [3.05, 3.63) is 30.5 Å². The molecular weight excluding hydrogens is 254 g/mol. The molecule has 2 heterocycles. The largest absolute Gasteiger partial charge is 0.481 e. The third-order valence-corrected chi connectivity index (χ3v) is 3.84. The number of carboxylic acids is 1. The number of hydrogen-bond donors (Lipinski definition) is 1. The van der Waals surface area contributed by atoms with Crippen molar-refractivity contribution in [3.63, 3.8) is 0 Å². The predicted octanol–water partition coefficient (Wildman–Crippen LogP) is 2.32. The highest BCUT2D eigenvalue weighted by atomic mass is 16.4. The number of carbonyl (C=O) groups is 1. The molecule has 0 aliphatic carbocycles. The molecule has 1 aromatic heterocycles. The molecule has 1 N–H and O–H groups in total. The van der Waals surface area contributed by atoms with Crippen molar-refractivity contribution in [2.75, 3.05) is 18.0 Å². The zero-order valence-corrected chi connectivity index (χ0v) is 11.2. The van der Waals surface area contributed by atoms with E-state index in [1.807, 2.05) is 30.5 Å². The van der Waals surface area contributed by atoms with Gasteiger partial charge in [-0.15, -0.1) is 0 Å². The minimum atomic E-state index is -0.703. The van der Waals surface area contributed by atoms with E-state index in [-0.39, 0.29) is 12.3 Å². The molecule has 1 saturated heterocycles. The van der Waals surface area contributed by atoms with Crippen LogP contribution in [-0.2, 0) is 4.79 Å². The normalized spacial score (nSPS) is 16.5. The average molecular weight is 271 g/mol. The summed E-state index contributed by atoms with van der Waals surface area (Å²) in [5.41, 5.74) is 0.949. The van der Waals surface area contributed by atoms with Crippen LogP contribution in [-0.4, -0.2) is 34.1 Å². The highest BCUT2D eigenvalue weighted by Gasteiger charge is 2.22. The fourth-order valence-corrected chi connectivity index (χ4v) is 2.70. The zero-order valence-electron chi connectivity index (χ0n) is 11.2. The number of anilines is 1. The topological polar surface area (TPSA) is 66.3 Å². The summed E-state index contributed by atoms with van der Waals surface area (Å²) in [6.45, 7) is 1.66. The van der Waals surface area contributed by atoms with Gasteiger partial charge < -0.3 is 10.0 Å². The second-order valence-electron chi connectivity index (χ2n) is 5.26. The van der Waals surface area contributed by atoms with Gasteiger partial charge in [-0.1, -0.05) is 18.2 Å². The van der Waals surface area contributed by atoms with Gasteiger partial charge in [0.25, 0.3) is 0 Å². The van der Waals surface area contributed by atoms with Gasteiger partial charge in [-0.05, 0) is 24.8 Å². The number of piperidine rings is 1. The molecule has 104 valence electrons. The smallest absolute Gasteiger partial charge is 0.303 e. The summed E-state index contributed by atoms with van der Waals surface area (Å²) in [7, 11) is 0. The van der Waals surface area contributed by atoms with Gasteiger partial charge in [-0.25, -0.2) is 9.97 Å². The van der Waals surface area contributed by atoms with Crippen molar-refractivity contribution in [2.24, 2.45) is 5.92 Å². The van der Waals surface area contributed by atoms with E-state index < -0.39 is 5.97 Å². The molecule has 1 aliphatic heterocycles. The van der Waals surface area contributed by atoms with Crippen LogP contribution in [0.15, 0.2) is 30.5 Å². The summed E-state index contributed by atoms with van der Waals surface area (Å²) in [4.78, 5) is 21.9. The van der Waals surface area contributed by atoms with Gasteiger partial charge >= 0.3 is 5.97 Å². The maximum absolute atomic E-state index is 10.7. The molecule has 0 saturated carbocycles. The molecular formula is C15H17N3O2. The molecule has 1 fully saturated rings. The molecule has 1 aromatic carbocycles. The van der Waals surface area contributed by atoms with Crippen molar-refractivity contribution in [2.45, 2.75) is 19.3 Å². The Morgan fingerprint density at radius 1 is 1.30 bits per heavy atom. The lowest BCUT2D eigenvalue weighted by atomic mass is 9.94. The number of para-hydroxylation sites is 1. The first kappa shape index (κ1) is 12.8. The van der Waals surface area contributed by atoms with Crippen molar-refractivity contribution in [1.29, 1.82) is 0 Å². The van der Waals surface area contributed by atoms with Crippen LogP contribution in [0.4, 0.5) is 5.95 Å². The zero-order chi connectivity index (χ0) is 13.9. The van der Waals surface area contributed by atoms with Crippen LogP contribution in [0.25, 0.3) is 10.9 Å². The standard InChI is InChI=1S/C15H17N3O2/c19-14(20)9-11-5-7-18(8-6-11)15-16-10-12-3-1-2-4-13(12)17-15/h1-4,10-11H,5-9H2,(H,19,20). The lowest BCUT2D eigenvalue weighted by Gasteiger charge is -2.31. The highest BCUT2D eigenvalue weighted by Crippen LogP contribution is 2.24. The number of hydrogen-bond acceptors (Lipinski definition) is 4. The van der Waals surface area contributed by atoms with Crippen molar-refractivity contribution < 1.29 is 9.90 Å². The first-order valence-electron chi connectivity index (χ1n) is 6.91. The third kappa shape index (κ3) is 2.71. The molecule has 0 radical (unpaired) electrons. The lowest BCUT2D eigenvalue weighted by Crippen LogP contribution is -2.35. The van der Waals surface area contributed by atoms with Crippen LogP contribution < -0.4 is 4.90 Å². The highest BCUT2D eigenvalue weighted by molar-refractivity contribution is 5.78. The summed E-state index contributed by atoms with van der Waals surface area (Å²) in [5.74, 6) is 0.326. The molecule has 0 atom stereocenters. The van der Waals surface area contributed by atoms with Crippen LogP contribution in [0.2, 0.25) is 0 Å². The van der Waals surface area contributed by atoms with E-state index in [9.17, 15) is 4.79 Å². The predicted molar refractivity (Wildman–Crippen MR) is 76.7 cm³/mol. The van der Waals surface area contributed by atoms with E-state index in [0.717, 1.165) is 42.8 Å². The number of rotatable bonds is 3. The number of aromatic nitrogens is 2. The van der Waals surface area contributed by atoms with Gasteiger partial charge in [-0.2, -0.15) is 0 Å². The molecule has 0 unspecified atom stereocenters. The van der Waals surface area contributed by atoms with Gasteiger partial charge in [0.05, 0.1) is 5.52 Å². The minimum absolute atomic E-state index is 0.270. The van der Waals surface area contributed by atoms with E-state index in [2.05, 4.69) is 14.9 Å². The summed E-state index contributed by atoms with van der Waals surface area (Å²) >= 11 is 0. The SMILES string of the molecule is O=C(O)CC1CCN(c2ncc3ccccc3n2)CC1. The summed E-state index contributed by atoms with van der Waals surface area (Å²) < 4.78 is 0. The molecule has 1 aliphatic rings.